The number of carbonyl (C=O) groups is 2. The average molecular weight is 454 g/mol. The summed E-state index contributed by atoms with van der Waals surface area (Å²) in [6.45, 7) is 2.18. The Kier molecular flexibility index (Phi) is 4.26. The zero-order valence-corrected chi connectivity index (χ0v) is 19.0. The number of pyridine rings is 1. The van der Waals surface area contributed by atoms with Crippen molar-refractivity contribution >= 4 is 28.6 Å². The first kappa shape index (κ1) is 19.9. The van der Waals surface area contributed by atoms with Gasteiger partial charge in [0.05, 0.1) is 5.69 Å². The minimum absolute atomic E-state index is 0.122. The number of aromatic nitrogens is 2. The van der Waals surface area contributed by atoms with Gasteiger partial charge < -0.3 is 9.88 Å². The number of hydrogen-bond acceptors (Lipinski definition) is 4. The minimum atomic E-state index is -0.546. The van der Waals surface area contributed by atoms with Crippen LogP contribution in [0.5, 0.6) is 0 Å². The molecule has 3 fully saturated rings. The van der Waals surface area contributed by atoms with E-state index in [9.17, 15) is 9.59 Å². The van der Waals surface area contributed by atoms with Crippen molar-refractivity contribution in [2.75, 3.05) is 19.6 Å². The molecule has 2 saturated carbocycles. The third-order valence-corrected chi connectivity index (χ3v) is 7.78. The largest absolute Gasteiger partial charge is 0.361 e. The maximum atomic E-state index is 13.3. The lowest BCUT2D eigenvalue weighted by molar-refractivity contribution is -0.131. The van der Waals surface area contributed by atoms with E-state index in [4.69, 9.17) is 9.98 Å². The molecule has 3 aromatic rings. The monoisotopic (exact) mass is 453 g/mol. The second-order valence-corrected chi connectivity index (χ2v) is 10.3. The summed E-state index contributed by atoms with van der Waals surface area (Å²) in [5.41, 5.74) is 3.40. The van der Waals surface area contributed by atoms with E-state index in [1.165, 1.54) is 0 Å². The molecule has 7 rings (SSSR count). The van der Waals surface area contributed by atoms with Crippen molar-refractivity contribution in [3.05, 3.63) is 54.4 Å². The van der Waals surface area contributed by atoms with Gasteiger partial charge in [0.15, 0.2) is 0 Å². The third kappa shape index (κ3) is 3.25. The van der Waals surface area contributed by atoms with Crippen LogP contribution in [0.15, 0.2) is 53.8 Å². The summed E-state index contributed by atoms with van der Waals surface area (Å²) in [5.74, 6) is 1.72. The molecule has 2 amide bonds. The van der Waals surface area contributed by atoms with Crippen LogP contribution in [0.2, 0.25) is 0 Å². The second-order valence-electron chi connectivity index (χ2n) is 10.3. The van der Waals surface area contributed by atoms with Crippen molar-refractivity contribution in [2.24, 2.45) is 16.8 Å². The number of aliphatic imine (C=N–C) groups is 1. The lowest BCUT2D eigenvalue weighted by atomic mass is 10.1. The van der Waals surface area contributed by atoms with E-state index >= 15 is 0 Å². The summed E-state index contributed by atoms with van der Waals surface area (Å²) < 4.78 is 0. The number of rotatable bonds is 5. The summed E-state index contributed by atoms with van der Waals surface area (Å²) in [6.07, 6.45) is 8.44. The number of nitrogens with one attached hydrogen (secondary N) is 1. The standard InChI is InChI=1S/C27H27N5O2/c33-25(18-1-2-18)31-12-8-17(15-31)16-32-24(30-27(9-10-27)26(32)34)21-4-6-23(29-14-21)19-3-5-22-20(13-19)7-11-28-22/h3-7,11,13-14,17-18,28H,1-2,8-10,12,15-16H2/t17-/m1/s1. The van der Waals surface area contributed by atoms with Gasteiger partial charge in [-0.2, -0.15) is 0 Å². The van der Waals surface area contributed by atoms with E-state index in [2.05, 4.69) is 29.2 Å². The number of aromatic amines is 1. The number of carbonyl (C=O) groups excluding carboxylic acids is 2. The van der Waals surface area contributed by atoms with E-state index in [1.807, 2.05) is 34.3 Å². The zero-order chi connectivity index (χ0) is 22.9. The summed E-state index contributed by atoms with van der Waals surface area (Å²) in [4.78, 5) is 42.5. The van der Waals surface area contributed by atoms with Crippen molar-refractivity contribution in [3.8, 4) is 11.3 Å². The molecule has 1 saturated heterocycles. The van der Waals surface area contributed by atoms with Gasteiger partial charge in [-0.1, -0.05) is 6.07 Å². The van der Waals surface area contributed by atoms with Crippen LogP contribution in [0.25, 0.3) is 22.2 Å². The molecular formula is C27H27N5O2. The SMILES string of the molecule is O=C(C1CC1)N1CC[C@@H](CN2C(=O)C3(CC3)N=C2c2ccc(-c3ccc4[nH]ccc4c3)nc2)C1. The molecule has 4 aliphatic rings. The fourth-order valence-electron chi connectivity index (χ4n) is 5.43. The van der Waals surface area contributed by atoms with E-state index in [0.29, 0.717) is 18.4 Å². The maximum absolute atomic E-state index is 13.3. The summed E-state index contributed by atoms with van der Waals surface area (Å²) in [5, 5.41) is 1.15. The van der Waals surface area contributed by atoms with Crippen molar-refractivity contribution in [1.82, 2.24) is 19.8 Å². The summed E-state index contributed by atoms with van der Waals surface area (Å²) in [7, 11) is 0. The van der Waals surface area contributed by atoms with Crippen molar-refractivity contribution in [1.29, 1.82) is 0 Å². The Labute approximate surface area is 197 Å². The van der Waals surface area contributed by atoms with Crippen LogP contribution in [0.3, 0.4) is 0 Å². The van der Waals surface area contributed by atoms with Crippen molar-refractivity contribution < 1.29 is 9.59 Å². The van der Waals surface area contributed by atoms with Gasteiger partial charge in [0.2, 0.25) is 5.91 Å². The summed E-state index contributed by atoms with van der Waals surface area (Å²) in [6, 6.07) is 12.4. The van der Waals surface area contributed by atoms with Crippen LogP contribution in [-0.2, 0) is 9.59 Å². The van der Waals surface area contributed by atoms with Crippen LogP contribution >= 0.6 is 0 Å². The number of nitrogens with zero attached hydrogens (tertiary/aromatic N) is 4. The molecule has 4 heterocycles. The molecular weight excluding hydrogens is 426 g/mol. The molecule has 7 nitrogen and oxygen atoms in total. The average Bonchev–Trinajstić information content (AvgIpc) is 3.74. The zero-order valence-electron chi connectivity index (χ0n) is 19.0. The molecule has 2 aliphatic carbocycles. The van der Waals surface area contributed by atoms with Crippen LogP contribution < -0.4 is 0 Å². The second kappa shape index (κ2) is 7.26. The van der Waals surface area contributed by atoms with Gasteiger partial charge in [0.25, 0.3) is 5.91 Å². The molecule has 1 aromatic carbocycles. The number of likely N-dealkylation sites (tertiary alicyclic amines) is 1. The number of H-pyrrole nitrogens is 1. The van der Waals surface area contributed by atoms with Crippen LogP contribution in [0.1, 0.15) is 37.7 Å². The Bertz CT molecular complexity index is 1330. The molecule has 34 heavy (non-hydrogen) atoms. The van der Waals surface area contributed by atoms with Gasteiger partial charge in [-0.3, -0.25) is 24.5 Å². The molecule has 172 valence electrons. The van der Waals surface area contributed by atoms with E-state index in [1.54, 1.807) is 0 Å². The molecule has 1 atom stereocenters. The number of amidine groups is 1. The third-order valence-electron chi connectivity index (χ3n) is 7.78. The normalized spacial score (nSPS) is 23.2. The molecule has 0 radical (unpaired) electrons. The molecule has 0 unspecified atom stereocenters. The highest BCUT2D eigenvalue weighted by Gasteiger charge is 2.57. The van der Waals surface area contributed by atoms with Gasteiger partial charge in [-0.15, -0.1) is 0 Å². The number of amides is 2. The lowest BCUT2D eigenvalue weighted by Gasteiger charge is -2.23. The Morgan fingerprint density at radius 2 is 1.94 bits per heavy atom. The molecule has 1 spiro atoms. The van der Waals surface area contributed by atoms with Crippen LogP contribution in [-0.4, -0.2) is 62.6 Å². The molecule has 0 bridgehead atoms. The number of fused-ring (bicyclic) bond motifs is 1. The van der Waals surface area contributed by atoms with Gasteiger partial charge in [0, 0.05) is 60.0 Å². The summed E-state index contributed by atoms with van der Waals surface area (Å²) >= 11 is 0. The predicted molar refractivity (Wildman–Crippen MR) is 129 cm³/mol. The quantitative estimate of drug-likeness (QED) is 0.641. The fraction of sp³-hybridized carbons (Fsp3) is 0.407. The maximum Gasteiger partial charge on any atom is 0.256 e. The first-order chi connectivity index (χ1) is 16.6. The highest BCUT2D eigenvalue weighted by atomic mass is 16.2. The first-order valence-corrected chi connectivity index (χ1v) is 12.3. The Morgan fingerprint density at radius 3 is 2.71 bits per heavy atom. The van der Waals surface area contributed by atoms with Gasteiger partial charge in [-0.25, -0.2) is 0 Å². The smallest absolute Gasteiger partial charge is 0.256 e. The molecule has 2 aliphatic heterocycles. The van der Waals surface area contributed by atoms with Crippen LogP contribution in [0.4, 0.5) is 0 Å². The molecule has 1 N–H and O–H groups in total. The van der Waals surface area contributed by atoms with Crippen molar-refractivity contribution in [3.63, 3.8) is 0 Å². The highest BCUT2D eigenvalue weighted by molar-refractivity contribution is 6.16. The Balaban J connectivity index is 1.12. The number of benzene rings is 1. The Hall–Kier alpha value is -3.48. The van der Waals surface area contributed by atoms with E-state index < -0.39 is 5.54 Å². The molecule has 2 aromatic heterocycles. The Morgan fingerprint density at radius 1 is 1.09 bits per heavy atom. The van der Waals surface area contributed by atoms with E-state index in [-0.39, 0.29) is 11.8 Å². The topological polar surface area (TPSA) is 81.7 Å². The van der Waals surface area contributed by atoms with Crippen LogP contribution in [0, 0.1) is 11.8 Å². The van der Waals surface area contributed by atoms with E-state index in [0.717, 1.165) is 78.8 Å². The first-order valence-electron chi connectivity index (χ1n) is 12.3. The lowest BCUT2D eigenvalue weighted by Crippen LogP contribution is -2.41. The number of hydrogen-bond donors (Lipinski definition) is 1. The predicted octanol–water partition coefficient (Wildman–Crippen LogP) is 3.61. The van der Waals surface area contributed by atoms with Crippen molar-refractivity contribution in [2.45, 2.75) is 37.6 Å². The van der Waals surface area contributed by atoms with Gasteiger partial charge in [-0.05, 0) is 68.4 Å². The molecule has 7 heteroatoms. The van der Waals surface area contributed by atoms with Gasteiger partial charge in [0.1, 0.15) is 11.4 Å². The highest BCUT2D eigenvalue weighted by Crippen LogP contribution is 2.46. The van der Waals surface area contributed by atoms with Gasteiger partial charge >= 0.3 is 0 Å². The minimum Gasteiger partial charge on any atom is -0.361 e. The fourth-order valence-corrected chi connectivity index (χ4v) is 5.43.